The Morgan fingerprint density at radius 2 is 1.74 bits per heavy atom. The van der Waals surface area contributed by atoms with E-state index in [0.717, 1.165) is 50.2 Å². The molecular weight excluding hydrogens is 497 g/mol. The van der Waals surface area contributed by atoms with E-state index in [-0.39, 0.29) is 18.6 Å². The molecular formula is C29H37F3N2O4. The second-order valence-electron chi connectivity index (χ2n) is 10.8. The van der Waals surface area contributed by atoms with Crippen LogP contribution >= 0.6 is 0 Å². The smallest absolute Gasteiger partial charge is 0.416 e. The molecule has 0 saturated carbocycles. The fourth-order valence-electron chi connectivity index (χ4n) is 5.88. The van der Waals surface area contributed by atoms with E-state index in [1.165, 1.54) is 23.3 Å². The van der Waals surface area contributed by atoms with Gasteiger partial charge in [-0.1, -0.05) is 26.0 Å². The van der Waals surface area contributed by atoms with Gasteiger partial charge in [0.25, 0.3) is 0 Å². The van der Waals surface area contributed by atoms with Gasteiger partial charge in [-0.3, -0.25) is 4.90 Å². The molecule has 4 rings (SSSR count). The molecule has 1 fully saturated rings. The van der Waals surface area contributed by atoms with Crippen LogP contribution in [0.3, 0.4) is 0 Å². The van der Waals surface area contributed by atoms with Crippen molar-refractivity contribution < 1.29 is 32.2 Å². The number of hydrogen-bond acceptors (Lipinski definition) is 6. The molecule has 2 aromatic rings. The topological polar surface area (TPSA) is 74.0 Å². The summed E-state index contributed by atoms with van der Waals surface area (Å²) in [6.45, 7) is 6.46. The van der Waals surface area contributed by atoms with Gasteiger partial charge < -0.3 is 19.9 Å². The fraction of sp³-hybridized carbons (Fsp3) is 0.552. The first-order valence-electron chi connectivity index (χ1n) is 13.1. The molecule has 0 amide bonds. The van der Waals surface area contributed by atoms with Crippen LogP contribution in [-0.4, -0.2) is 44.8 Å². The fourth-order valence-corrected chi connectivity index (χ4v) is 5.88. The number of piperidine rings is 1. The van der Waals surface area contributed by atoms with E-state index >= 15 is 0 Å². The van der Waals surface area contributed by atoms with E-state index in [0.29, 0.717) is 23.1 Å². The molecule has 9 heteroatoms. The van der Waals surface area contributed by atoms with E-state index in [4.69, 9.17) is 19.9 Å². The summed E-state index contributed by atoms with van der Waals surface area (Å²) in [6, 6.07) is 7.48. The van der Waals surface area contributed by atoms with Crippen LogP contribution in [0.1, 0.15) is 61.0 Å². The summed E-state index contributed by atoms with van der Waals surface area (Å²) in [5.74, 6) is 1.75. The first-order chi connectivity index (χ1) is 18.0. The standard InChI is InChI=1S/C29H37F3N2O4/c1-17(2)11-20-15-34-10-9-19-13-25(36-3)26(37-4)14-23(19)24(34)12-21(20)16-38-28(35)27(33)18-5-7-22(8-6-18)29(30,31)32/h5-8,13-14,17,20-21,24,27H,9-12,15-16,33H2,1-4H3/t20?,21?,24?,27-/m1/s1. The van der Waals surface area contributed by atoms with Crippen molar-refractivity contribution in [2.24, 2.45) is 23.5 Å². The maximum absolute atomic E-state index is 12.9. The molecule has 3 unspecified atom stereocenters. The predicted molar refractivity (Wildman–Crippen MR) is 138 cm³/mol. The molecule has 208 valence electrons. The van der Waals surface area contributed by atoms with Gasteiger partial charge in [-0.15, -0.1) is 0 Å². The van der Waals surface area contributed by atoms with Crippen molar-refractivity contribution in [1.29, 1.82) is 0 Å². The summed E-state index contributed by atoms with van der Waals surface area (Å²) in [7, 11) is 3.27. The molecule has 1 saturated heterocycles. The zero-order valence-electron chi connectivity index (χ0n) is 22.4. The molecule has 6 nitrogen and oxygen atoms in total. The van der Waals surface area contributed by atoms with E-state index in [1.54, 1.807) is 14.2 Å². The average molecular weight is 535 g/mol. The molecule has 2 aliphatic rings. The van der Waals surface area contributed by atoms with Gasteiger partial charge in [0.05, 0.1) is 26.4 Å². The highest BCUT2D eigenvalue weighted by atomic mass is 19.4. The van der Waals surface area contributed by atoms with Crippen LogP contribution in [0.4, 0.5) is 13.2 Å². The first kappa shape index (κ1) is 28.2. The molecule has 0 bridgehead atoms. The summed E-state index contributed by atoms with van der Waals surface area (Å²) < 4.78 is 55.4. The Morgan fingerprint density at radius 1 is 1.08 bits per heavy atom. The third-order valence-electron chi connectivity index (χ3n) is 7.84. The van der Waals surface area contributed by atoms with Crippen molar-refractivity contribution >= 4 is 5.97 Å². The van der Waals surface area contributed by atoms with E-state index in [1.807, 2.05) is 0 Å². The summed E-state index contributed by atoms with van der Waals surface area (Å²) in [5.41, 5.74) is 8.03. The zero-order valence-corrected chi connectivity index (χ0v) is 22.4. The number of carbonyl (C=O) groups excluding carboxylic acids is 1. The van der Waals surface area contributed by atoms with Gasteiger partial charge in [-0.05, 0) is 78.0 Å². The lowest BCUT2D eigenvalue weighted by Gasteiger charge is -2.47. The second-order valence-corrected chi connectivity index (χ2v) is 10.8. The molecule has 38 heavy (non-hydrogen) atoms. The number of rotatable bonds is 8. The number of nitrogens with zero attached hydrogens (tertiary/aromatic N) is 1. The highest BCUT2D eigenvalue weighted by Crippen LogP contribution is 2.45. The summed E-state index contributed by atoms with van der Waals surface area (Å²) in [6.07, 6.45) is -1.68. The van der Waals surface area contributed by atoms with Crippen LogP contribution in [0, 0.1) is 17.8 Å². The molecule has 2 heterocycles. The highest BCUT2D eigenvalue weighted by molar-refractivity contribution is 5.77. The molecule has 2 N–H and O–H groups in total. The Hall–Kier alpha value is -2.78. The lowest BCUT2D eigenvalue weighted by Crippen LogP contribution is -2.47. The van der Waals surface area contributed by atoms with Crippen LogP contribution in [0.25, 0.3) is 0 Å². The minimum atomic E-state index is -4.45. The number of halogens is 3. The van der Waals surface area contributed by atoms with Crippen molar-refractivity contribution in [3.8, 4) is 11.5 Å². The van der Waals surface area contributed by atoms with Crippen LogP contribution < -0.4 is 15.2 Å². The van der Waals surface area contributed by atoms with Crippen LogP contribution in [0.15, 0.2) is 36.4 Å². The van der Waals surface area contributed by atoms with E-state index in [2.05, 4.69) is 30.9 Å². The summed E-state index contributed by atoms with van der Waals surface area (Å²) in [5, 5.41) is 0. The zero-order chi connectivity index (χ0) is 27.6. The average Bonchev–Trinajstić information content (AvgIpc) is 2.89. The highest BCUT2D eigenvalue weighted by Gasteiger charge is 2.40. The first-order valence-corrected chi connectivity index (χ1v) is 13.1. The largest absolute Gasteiger partial charge is 0.493 e. The Kier molecular flexibility index (Phi) is 8.57. The van der Waals surface area contributed by atoms with Crippen molar-refractivity contribution in [1.82, 2.24) is 4.90 Å². The number of alkyl halides is 3. The number of esters is 1. The number of nitrogens with two attached hydrogens (primary N) is 1. The third kappa shape index (κ3) is 6.10. The van der Waals surface area contributed by atoms with Crippen LogP contribution in [0.2, 0.25) is 0 Å². The molecule has 0 radical (unpaired) electrons. The van der Waals surface area contributed by atoms with Gasteiger partial charge >= 0.3 is 12.1 Å². The van der Waals surface area contributed by atoms with Gasteiger partial charge in [0.15, 0.2) is 11.5 Å². The molecule has 2 aromatic carbocycles. The molecule has 0 aliphatic carbocycles. The summed E-state index contributed by atoms with van der Waals surface area (Å²) >= 11 is 0. The Balaban J connectivity index is 1.49. The maximum atomic E-state index is 12.9. The Labute approximate surface area is 222 Å². The van der Waals surface area contributed by atoms with E-state index in [9.17, 15) is 18.0 Å². The maximum Gasteiger partial charge on any atom is 0.416 e. The van der Waals surface area contributed by atoms with Gasteiger partial charge in [0.2, 0.25) is 0 Å². The quantitative estimate of drug-likeness (QED) is 0.448. The second kappa shape index (κ2) is 11.5. The van der Waals surface area contributed by atoms with Crippen molar-refractivity contribution in [2.75, 3.05) is 33.9 Å². The van der Waals surface area contributed by atoms with Gasteiger partial charge in [0, 0.05) is 19.1 Å². The third-order valence-corrected chi connectivity index (χ3v) is 7.84. The van der Waals surface area contributed by atoms with Crippen molar-refractivity contribution in [3.05, 3.63) is 58.7 Å². The van der Waals surface area contributed by atoms with E-state index < -0.39 is 23.8 Å². The Morgan fingerprint density at radius 3 is 2.34 bits per heavy atom. The SMILES string of the molecule is COc1cc2c(cc1OC)C1CC(COC(=O)[C@H](N)c3ccc(C(F)(F)F)cc3)C(CC(C)C)CN1CC2. The predicted octanol–water partition coefficient (Wildman–Crippen LogP) is 5.55. The summed E-state index contributed by atoms with van der Waals surface area (Å²) in [4.78, 5) is 15.3. The lowest BCUT2D eigenvalue weighted by atomic mass is 9.74. The van der Waals surface area contributed by atoms with Gasteiger partial charge in [-0.2, -0.15) is 13.2 Å². The molecule has 0 spiro atoms. The molecule has 0 aromatic heterocycles. The molecule has 2 aliphatic heterocycles. The number of methoxy groups -OCH3 is 2. The van der Waals surface area contributed by atoms with Crippen molar-refractivity contribution in [3.63, 3.8) is 0 Å². The minimum Gasteiger partial charge on any atom is -0.493 e. The molecule has 4 atom stereocenters. The van der Waals surface area contributed by atoms with Gasteiger partial charge in [-0.25, -0.2) is 4.79 Å². The van der Waals surface area contributed by atoms with Crippen LogP contribution in [0.5, 0.6) is 11.5 Å². The normalized spacial score (nSPS) is 22.4. The number of carbonyl (C=O) groups is 1. The minimum absolute atomic E-state index is 0.126. The van der Waals surface area contributed by atoms with Gasteiger partial charge in [0.1, 0.15) is 6.04 Å². The number of ether oxygens (including phenoxy) is 3. The lowest BCUT2D eigenvalue weighted by molar-refractivity contribution is -0.148. The Bertz CT molecular complexity index is 1120. The van der Waals surface area contributed by atoms with Crippen LogP contribution in [-0.2, 0) is 22.1 Å². The number of fused-ring (bicyclic) bond motifs is 3. The number of hydrogen-bond donors (Lipinski definition) is 1. The monoisotopic (exact) mass is 534 g/mol. The number of benzene rings is 2. The van der Waals surface area contributed by atoms with Crippen molar-refractivity contribution in [2.45, 2.75) is 51.4 Å².